The van der Waals surface area contributed by atoms with Crippen LogP contribution in [0.1, 0.15) is 25.3 Å². The van der Waals surface area contributed by atoms with Crippen molar-refractivity contribution in [3.8, 4) is 5.75 Å². The van der Waals surface area contributed by atoms with Crippen molar-refractivity contribution in [3.05, 3.63) is 60.2 Å². The van der Waals surface area contributed by atoms with Crippen LogP contribution in [0, 0.1) is 24.6 Å². The summed E-state index contributed by atoms with van der Waals surface area (Å²) in [4.78, 5) is 21.8. The Morgan fingerprint density at radius 1 is 1.17 bits per heavy atom. The molecule has 1 amide bonds. The summed E-state index contributed by atoms with van der Waals surface area (Å²) in [5.74, 6) is 2.91. The number of methoxy groups -OCH3 is 1. The van der Waals surface area contributed by atoms with Crippen LogP contribution in [-0.4, -0.2) is 48.0 Å². The quantitative estimate of drug-likeness (QED) is 0.355. The molecule has 35 heavy (non-hydrogen) atoms. The smallest absolute Gasteiger partial charge is 0.211 e. The number of carbonyl (C=O) groups excluding carboxylic acids is 1. The molecular formula is C27H32FN5O2. The van der Waals surface area contributed by atoms with E-state index in [1.165, 1.54) is 52.0 Å². The Morgan fingerprint density at radius 3 is 2.57 bits per heavy atom. The molecule has 1 saturated heterocycles. The molecule has 2 heterocycles. The molecule has 2 N–H and O–H groups in total. The third kappa shape index (κ3) is 5.77. The number of hydrogen-bond acceptors (Lipinski definition) is 6. The average molecular weight is 478 g/mol. The van der Waals surface area contributed by atoms with E-state index < -0.39 is 0 Å². The standard InChI is InChI=1S/C17H15FN4O2.C10H17N/c1-10-5-11(3-4-13(10)18)22-17-12-6-15(21-9-23)16(24-2)7-14(12)19-8-20-17;1-2-3-6-11-7-9-4-5-10(9)8-11/h3-9H,1-2H3,(H,21,23)(H,19,20,22);2-3,9-10H,4-8H2,1H3/b;3-2+. The molecule has 2 aromatic carbocycles. The molecule has 184 valence electrons. The highest BCUT2D eigenvalue weighted by Gasteiger charge is 2.38. The molecule has 1 aliphatic heterocycles. The fraction of sp³-hybridized carbons (Fsp3) is 0.370. The van der Waals surface area contributed by atoms with Gasteiger partial charge in [0, 0.05) is 36.8 Å². The number of fused-ring (bicyclic) bond motifs is 2. The minimum atomic E-state index is -0.268. The highest BCUT2D eigenvalue weighted by molar-refractivity contribution is 5.96. The minimum Gasteiger partial charge on any atom is -0.494 e. The van der Waals surface area contributed by atoms with Gasteiger partial charge in [0.25, 0.3) is 0 Å². The number of rotatable bonds is 7. The lowest BCUT2D eigenvalue weighted by Crippen LogP contribution is -2.22. The van der Waals surface area contributed by atoms with E-state index in [1.54, 1.807) is 31.2 Å². The fourth-order valence-corrected chi connectivity index (χ4v) is 4.65. The van der Waals surface area contributed by atoms with Gasteiger partial charge in [0.05, 0.1) is 18.3 Å². The third-order valence-electron chi connectivity index (χ3n) is 6.75. The Labute approximate surface area is 205 Å². The van der Waals surface area contributed by atoms with Gasteiger partial charge in [-0.1, -0.05) is 12.2 Å². The molecule has 8 heteroatoms. The van der Waals surface area contributed by atoms with Gasteiger partial charge in [-0.05, 0) is 68.4 Å². The topological polar surface area (TPSA) is 79.4 Å². The van der Waals surface area contributed by atoms with Gasteiger partial charge in [-0.2, -0.15) is 0 Å². The molecule has 2 atom stereocenters. The first kappa shape index (κ1) is 24.6. The molecule has 5 rings (SSSR count). The SMILES string of the molecule is C/C=C/CN1CC2CCC2C1.COc1cc2ncnc(Nc3ccc(F)c(C)c3)c2cc1NC=O. The lowest BCUT2D eigenvalue weighted by atomic mass is 9.77. The van der Waals surface area contributed by atoms with E-state index in [-0.39, 0.29) is 5.82 Å². The van der Waals surface area contributed by atoms with Gasteiger partial charge in [0.2, 0.25) is 6.41 Å². The van der Waals surface area contributed by atoms with Crippen molar-refractivity contribution in [1.82, 2.24) is 14.9 Å². The fourth-order valence-electron chi connectivity index (χ4n) is 4.65. The van der Waals surface area contributed by atoms with Gasteiger partial charge in [-0.25, -0.2) is 14.4 Å². The molecule has 1 aliphatic carbocycles. The Hall–Kier alpha value is -3.52. The zero-order valence-corrected chi connectivity index (χ0v) is 20.4. The monoisotopic (exact) mass is 477 g/mol. The van der Waals surface area contributed by atoms with Gasteiger partial charge in [-0.15, -0.1) is 0 Å². The number of halogens is 1. The predicted octanol–water partition coefficient (Wildman–Crippen LogP) is 5.30. The van der Waals surface area contributed by atoms with Crippen LogP contribution in [0.3, 0.4) is 0 Å². The second-order valence-electron chi connectivity index (χ2n) is 9.03. The van der Waals surface area contributed by atoms with Crippen LogP contribution < -0.4 is 15.4 Å². The molecule has 0 radical (unpaired) electrons. The molecule has 1 aromatic heterocycles. The van der Waals surface area contributed by atoms with Crippen molar-refractivity contribution >= 4 is 34.5 Å². The number of aryl methyl sites for hydroxylation is 1. The van der Waals surface area contributed by atoms with E-state index in [9.17, 15) is 9.18 Å². The molecule has 0 bridgehead atoms. The van der Waals surface area contributed by atoms with Crippen LogP contribution in [-0.2, 0) is 4.79 Å². The summed E-state index contributed by atoms with van der Waals surface area (Å²) >= 11 is 0. The maximum absolute atomic E-state index is 13.4. The molecular weight excluding hydrogens is 445 g/mol. The molecule has 2 aliphatic rings. The highest BCUT2D eigenvalue weighted by Crippen LogP contribution is 2.40. The van der Waals surface area contributed by atoms with E-state index in [4.69, 9.17) is 4.74 Å². The first-order chi connectivity index (χ1) is 17.0. The molecule has 7 nitrogen and oxygen atoms in total. The largest absolute Gasteiger partial charge is 0.494 e. The van der Waals surface area contributed by atoms with Crippen LogP contribution in [0.15, 0.2) is 48.8 Å². The van der Waals surface area contributed by atoms with Gasteiger partial charge >= 0.3 is 0 Å². The average Bonchev–Trinajstić information content (AvgIpc) is 3.13. The summed E-state index contributed by atoms with van der Waals surface area (Å²) in [5, 5.41) is 6.43. The van der Waals surface area contributed by atoms with Gasteiger partial charge in [0.15, 0.2) is 0 Å². The number of allylic oxidation sites excluding steroid dienone is 1. The zero-order valence-electron chi connectivity index (χ0n) is 20.4. The predicted molar refractivity (Wildman–Crippen MR) is 138 cm³/mol. The van der Waals surface area contributed by atoms with Crippen molar-refractivity contribution in [2.45, 2.75) is 26.7 Å². The molecule has 2 unspecified atom stereocenters. The van der Waals surface area contributed by atoms with Gasteiger partial charge in [-0.3, -0.25) is 9.69 Å². The maximum atomic E-state index is 13.4. The van der Waals surface area contributed by atoms with E-state index in [0.717, 1.165) is 11.8 Å². The summed E-state index contributed by atoms with van der Waals surface area (Å²) in [5.41, 5.74) is 2.39. The van der Waals surface area contributed by atoms with E-state index >= 15 is 0 Å². The van der Waals surface area contributed by atoms with Gasteiger partial charge < -0.3 is 15.4 Å². The highest BCUT2D eigenvalue weighted by atomic mass is 19.1. The number of anilines is 3. The van der Waals surface area contributed by atoms with E-state index in [1.807, 2.05) is 0 Å². The zero-order chi connectivity index (χ0) is 24.8. The summed E-state index contributed by atoms with van der Waals surface area (Å²) in [6.07, 6.45) is 9.41. The van der Waals surface area contributed by atoms with E-state index in [0.29, 0.717) is 45.8 Å². The maximum Gasteiger partial charge on any atom is 0.211 e. The third-order valence-corrected chi connectivity index (χ3v) is 6.75. The van der Waals surface area contributed by atoms with Crippen molar-refractivity contribution in [3.63, 3.8) is 0 Å². The molecule has 2 fully saturated rings. The summed E-state index contributed by atoms with van der Waals surface area (Å²) < 4.78 is 18.7. The summed E-state index contributed by atoms with van der Waals surface area (Å²) in [6.45, 7) is 7.72. The summed E-state index contributed by atoms with van der Waals surface area (Å²) in [7, 11) is 1.51. The van der Waals surface area contributed by atoms with Crippen LogP contribution >= 0.6 is 0 Å². The number of amides is 1. The minimum absolute atomic E-state index is 0.268. The first-order valence-electron chi connectivity index (χ1n) is 11.9. The number of nitrogens with zero attached hydrogens (tertiary/aromatic N) is 3. The number of carbonyl (C=O) groups is 1. The Balaban J connectivity index is 0.000000218. The van der Waals surface area contributed by atoms with E-state index in [2.05, 4.69) is 44.6 Å². The van der Waals surface area contributed by atoms with Crippen LogP contribution in [0.2, 0.25) is 0 Å². The molecule has 0 spiro atoms. The number of hydrogen-bond donors (Lipinski definition) is 2. The Kier molecular flexibility index (Phi) is 7.92. The number of aromatic nitrogens is 2. The Morgan fingerprint density at radius 2 is 1.94 bits per heavy atom. The van der Waals surface area contributed by atoms with Crippen molar-refractivity contribution in [2.75, 3.05) is 37.4 Å². The lowest BCUT2D eigenvalue weighted by molar-refractivity contribution is -0.105. The second kappa shape index (κ2) is 11.3. The number of benzene rings is 2. The van der Waals surface area contributed by atoms with Crippen molar-refractivity contribution in [2.24, 2.45) is 11.8 Å². The Bertz CT molecular complexity index is 1200. The van der Waals surface area contributed by atoms with Crippen LogP contribution in [0.4, 0.5) is 21.6 Å². The van der Waals surface area contributed by atoms with Crippen molar-refractivity contribution < 1.29 is 13.9 Å². The lowest BCUT2D eigenvalue weighted by Gasteiger charge is -2.28. The molecule has 3 aromatic rings. The number of likely N-dealkylation sites (tertiary alicyclic amines) is 1. The van der Waals surface area contributed by atoms with Crippen LogP contribution in [0.25, 0.3) is 10.9 Å². The van der Waals surface area contributed by atoms with Gasteiger partial charge in [0.1, 0.15) is 23.7 Å². The normalized spacial score (nSPS) is 19.0. The summed E-state index contributed by atoms with van der Waals surface area (Å²) in [6, 6.07) is 8.15. The second-order valence-corrected chi connectivity index (χ2v) is 9.03. The van der Waals surface area contributed by atoms with Crippen LogP contribution in [0.5, 0.6) is 5.75 Å². The number of ether oxygens (including phenoxy) is 1. The number of nitrogens with one attached hydrogen (secondary N) is 2. The van der Waals surface area contributed by atoms with Crippen molar-refractivity contribution in [1.29, 1.82) is 0 Å². The molecule has 1 saturated carbocycles. The first-order valence-corrected chi connectivity index (χ1v) is 11.9.